The fourth-order valence-corrected chi connectivity index (χ4v) is 2.37. The van der Waals surface area contributed by atoms with E-state index in [0.717, 1.165) is 27.8 Å². The van der Waals surface area contributed by atoms with Crippen LogP contribution >= 0.6 is 0 Å². The molecule has 0 fully saturated rings. The van der Waals surface area contributed by atoms with Gasteiger partial charge in [-0.2, -0.15) is 0 Å². The zero-order valence-electron chi connectivity index (χ0n) is 11.9. The largest absolute Gasteiger partial charge is 0.494 e. The van der Waals surface area contributed by atoms with E-state index in [1.54, 1.807) is 6.20 Å². The number of ether oxygens (including phenoxy) is 1. The molecule has 1 aromatic heterocycles. The minimum atomic E-state index is -0.648. The molecule has 1 N–H and O–H groups in total. The molecule has 0 saturated carbocycles. The fourth-order valence-electron chi connectivity index (χ4n) is 2.37. The zero-order valence-corrected chi connectivity index (χ0v) is 11.9. The van der Waals surface area contributed by atoms with Crippen molar-refractivity contribution in [1.82, 2.24) is 4.98 Å². The summed E-state index contributed by atoms with van der Waals surface area (Å²) in [5.74, 6) is 0.816. The van der Waals surface area contributed by atoms with Gasteiger partial charge < -0.3 is 9.84 Å². The van der Waals surface area contributed by atoms with Gasteiger partial charge in [0.05, 0.1) is 12.1 Å². The van der Waals surface area contributed by atoms with Gasteiger partial charge in [0.1, 0.15) is 11.9 Å². The molecular formula is C18H17NO2. The third kappa shape index (κ3) is 2.88. The van der Waals surface area contributed by atoms with Crippen LogP contribution in [0.3, 0.4) is 0 Å². The predicted molar refractivity (Wildman–Crippen MR) is 83.4 cm³/mol. The lowest BCUT2D eigenvalue weighted by molar-refractivity contribution is 0.220. The summed E-state index contributed by atoms with van der Waals surface area (Å²) in [5, 5.41) is 11.5. The highest BCUT2D eigenvalue weighted by molar-refractivity contribution is 5.79. The Bertz CT molecular complexity index is 738. The quantitative estimate of drug-likeness (QED) is 0.791. The van der Waals surface area contributed by atoms with Crippen LogP contribution in [0.25, 0.3) is 10.9 Å². The van der Waals surface area contributed by atoms with Gasteiger partial charge in [-0.1, -0.05) is 24.3 Å². The number of aromatic nitrogens is 1. The third-order valence-electron chi connectivity index (χ3n) is 3.45. The molecule has 3 nitrogen and oxygen atoms in total. The number of fused-ring (bicyclic) bond motifs is 1. The first kappa shape index (κ1) is 13.6. The van der Waals surface area contributed by atoms with Crippen LogP contribution in [0.4, 0.5) is 0 Å². The second-order valence-corrected chi connectivity index (χ2v) is 4.86. The normalized spacial score (nSPS) is 12.3. The standard InChI is InChI=1S/C18H17NO2/c1-2-21-16-8-5-13(6-9-16)18(20)15-7-10-17-14(12-15)4-3-11-19-17/h3-12,18,20H,2H2,1H3. The third-order valence-corrected chi connectivity index (χ3v) is 3.45. The number of nitrogens with zero attached hydrogens (tertiary/aromatic N) is 1. The predicted octanol–water partition coefficient (Wildman–Crippen LogP) is 3.72. The summed E-state index contributed by atoms with van der Waals surface area (Å²) in [5.41, 5.74) is 2.64. The van der Waals surface area contributed by atoms with Crippen LogP contribution in [-0.2, 0) is 0 Å². The van der Waals surface area contributed by atoms with E-state index in [0.29, 0.717) is 6.61 Å². The molecule has 0 aliphatic carbocycles. The molecule has 1 unspecified atom stereocenters. The molecule has 106 valence electrons. The van der Waals surface area contributed by atoms with Gasteiger partial charge in [-0.3, -0.25) is 4.98 Å². The maximum Gasteiger partial charge on any atom is 0.119 e. The summed E-state index contributed by atoms with van der Waals surface area (Å²) in [4.78, 5) is 4.29. The lowest BCUT2D eigenvalue weighted by Crippen LogP contribution is -2.00. The molecule has 0 radical (unpaired) electrons. The summed E-state index contributed by atoms with van der Waals surface area (Å²) in [6, 6.07) is 17.3. The van der Waals surface area contributed by atoms with Crippen LogP contribution in [-0.4, -0.2) is 16.7 Å². The highest BCUT2D eigenvalue weighted by Crippen LogP contribution is 2.26. The minimum Gasteiger partial charge on any atom is -0.494 e. The molecule has 0 aliphatic rings. The number of benzene rings is 2. The molecule has 0 amide bonds. The van der Waals surface area contributed by atoms with Crippen LogP contribution in [0, 0.1) is 0 Å². The van der Waals surface area contributed by atoms with E-state index in [1.807, 2.05) is 61.5 Å². The first-order chi connectivity index (χ1) is 10.3. The Morgan fingerprint density at radius 2 is 1.81 bits per heavy atom. The first-order valence-corrected chi connectivity index (χ1v) is 7.03. The molecule has 0 saturated heterocycles. The van der Waals surface area contributed by atoms with E-state index >= 15 is 0 Å². The summed E-state index contributed by atoms with van der Waals surface area (Å²) in [7, 11) is 0. The second-order valence-electron chi connectivity index (χ2n) is 4.86. The van der Waals surface area contributed by atoms with E-state index in [-0.39, 0.29) is 0 Å². The van der Waals surface area contributed by atoms with Gasteiger partial charge in [0.2, 0.25) is 0 Å². The number of rotatable bonds is 4. The molecule has 2 aromatic carbocycles. The first-order valence-electron chi connectivity index (χ1n) is 7.03. The molecule has 3 heteroatoms. The topological polar surface area (TPSA) is 42.4 Å². The van der Waals surface area contributed by atoms with Crippen LogP contribution in [0.5, 0.6) is 5.75 Å². The average molecular weight is 279 g/mol. The van der Waals surface area contributed by atoms with Gasteiger partial charge in [-0.25, -0.2) is 0 Å². The molecule has 3 aromatic rings. The van der Waals surface area contributed by atoms with Crippen LogP contribution in [0.1, 0.15) is 24.2 Å². The Kier molecular flexibility index (Phi) is 3.84. The number of aliphatic hydroxyl groups excluding tert-OH is 1. The van der Waals surface area contributed by atoms with Crippen LogP contribution in [0.2, 0.25) is 0 Å². The monoisotopic (exact) mass is 279 g/mol. The van der Waals surface area contributed by atoms with Crippen molar-refractivity contribution >= 4 is 10.9 Å². The zero-order chi connectivity index (χ0) is 14.7. The highest BCUT2D eigenvalue weighted by Gasteiger charge is 2.11. The lowest BCUT2D eigenvalue weighted by Gasteiger charge is -2.13. The van der Waals surface area contributed by atoms with Crippen molar-refractivity contribution in [3.05, 3.63) is 71.9 Å². The van der Waals surface area contributed by atoms with Crippen LogP contribution in [0.15, 0.2) is 60.8 Å². The SMILES string of the molecule is CCOc1ccc(C(O)c2ccc3ncccc3c2)cc1. The molecule has 0 spiro atoms. The summed E-state index contributed by atoms with van der Waals surface area (Å²) < 4.78 is 5.41. The van der Waals surface area contributed by atoms with Gasteiger partial charge in [-0.15, -0.1) is 0 Å². The summed E-state index contributed by atoms with van der Waals surface area (Å²) in [6.07, 6.45) is 1.12. The number of hydrogen-bond donors (Lipinski definition) is 1. The summed E-state index contributed by atoms with van der Waals surface area (Å²) >= 11 is 0. The Hall–Kier alpha value is -2.39. The number of hydrogen-bond acceptors (Lipinski definition) is 3. The van der Waals surface area contributed by atoms with E-state index in [1.165, 1.54) is 0 Å². The van der Waals surface area contributed by atoms with Crippen molar-refractivity contribution in [1.29, 1.82) is 0 Å². The minimum absolute atomic E-state index is 0.638. The van der Waals surface area contributed by atoms with Crippen molar-refractivity contribution < 1.29 is 9.84 Å². The van der Waals surface area contributed by atoms with Crippen molar-refractivity contribution in [2.24, 2.45) is 0 Å². The van der Waals surface area contributed by atoms with E-state index in [2.05, 4.69) is 4.98 Å². The molecule has 21 heavy (non-hydrogen) atoms. The maximum absolute atomic E-state index is 10.5. The van der Waals surface area contributed by atoms with Gasteiger partial charge in [0, 0.05) is 11.6 Å². The van der Waals surface area contributed by atoms with E-state index in [9.17, 15) is 5.11 Å². The van der Waals surface area contributed by atoms with Crippen molar-refractivity contribution in [2.45, 2.75) is 13.0 Å². The van der Waals surface area contributed by atoms with Crippen molar-refractivity contribution in [3.8, 4) is 5.75 Å². The lowest BCUT2D eigenvalue weighted by atomic mass is 10.00. The van der Waals surface area contributed by atoms with Gasteiger partial charge in [0.25, 0.3) is 0 Å². The fraction of sp³-hybridized carbons (Fsp3) is 0.167. The Morgan fingerprint density at radius 3 is 2.57 bits per heavy atom. The molecule has 1 atom stereocenters. The van der Waals surface area contributed by atoms with Gasteiger partial charge >= 0.3 is 0 Å². The van der Waals surface area contributed by atoms with E-state index < -0.39 is 6.10 Å². The van der Waals surface area contributed by atoms with Crippen LogP contribution < -0.4 is 4.74 Å². The maximum atomic E-state index is 10.5. The van der Waals surface area contributed by atoms with Crippen molar-refractivity contribution in [3.63, 3.8) is 0 Å². The molecule has 3 rings (SSSR count). The smallest absolute Gasteiger partial charge is 0.119 e. The molecular weight excluding hydrogens is 262 g/mol. The van der Waals surface area contributed by atoms with E-state index in [4.69, 9.17) is 4.74 Å². The highest BCUT2D eigenvalue weighted by atomic mass is 16.5. The Labute approximate surface area is 123 Å². The molecule has 0 bridgehead atoms. The molecule has 1 heterocycles. The van der Waals surface area contributed by atoms with Crippen molar-refractivity contribution in [2.75, 3.05) is 6.61 Å². The molecule has 0 aliphatic heterocycles. The number of aliphatic hydroxyl groups is 1. The number of pyridine rings is 1. The Morgan fingerprint density at radius 1 is 1.05 bits per heavy atom. The van der Waals surface area contributed by atoms with Gasteiger partial charge in [0.15, 0.2) is 0 Å². The summed E-state index contributed by atoms with van der Waals surface area (Å²) in [6.45, 7) is 2.59. The van der Waals surface area contributed by atoms with Gasteiger partial charge in [-0.05, 0) is 48.4 Å². The Balaban J connectivity index is 1.90. The average Bonchev–Trinajstić information content (AvgIpc) is 2.55. The second kappa shape index (κ2) is 5.94.